The van der Waals surface area contributed by atoms with Gasteiger partial charge < -0.3 is 19.9 Å². The molecule has 0 aliphatic heterocycles. The lowest BCUT2D eigenvalue weighted by molar-refractivity contribution is -0.136. The number of carbonyl (C=O) groups excluding carboxylic acids is 1. The van der Waals surface area contributed by atoms with Gasteiger partial charge in [0.05, 0.1) is 6.54 Å². The number of ether oxygens (including phenoxy) is 2. The Hall–Kier alpha value is -2.24. The van der Waals surface area contributed by atoms with Crippen molar-refractivity contribution >= 4 is 12.1 Å². The Kier molecular flexibility index (Phi) is 6.69. The zero-order valence-electron chi connectivity index (χ0n) is 13.2. The summed E-state index contributed by atoms with van der Waals surface area (Å²) in [5.74, 6) is -0.179. The molecule has 0 saturated carbocycles. The van der Waals surface area contributed by atoms with E-state index in [-0.39, 0.29) is 6.42 Å². The van der Waals surface area contributed by atoms with Gasteiger partial charge in [-0.25, -0.2) is 4.79 Å². The standard InChI is InChI=1S/C16H23NO5/c1-16(2,3)22-15(20)17-9-10-21-13-6-4-5-12(11-13)7-8-14(18)19/h4-6,11H,7-10H2,1-3H3,(H,17,20)(H,18,19). The van der Waals surface area contributed by atoms with E-state index < -0.39 is 17.7 Å². The van der Waals surface area contributed by atoms with Crippen LogP contribution in [0, 0.1) is 0 Å². The minimum absolute atomic E-state index is 0.0870. The summed E-state index contributed by atoms with van der Waals surface area (Å²) in [5, 5.41) is 11.3. The van der Waals surface area contributed by atoms with Gasteiger partial charge in [-0.3, -0.25) is 4.79 Å². The SMILES string of the molecule is CC(C)(C)OC(=O)NCCOc1cccc(CCC(=O)O)c1. The van der Waals surface area contributed by atoms with E-state index in [1.165, 1.54) is 0 Å². The van der Waals surface area contributed by atoms with E-state index in [1.807, 2.05) is 12.1 Å². The van der Waals surface area contributed by atoms with E-state index in [1.54, 1.807) is 32.9 Å². The Labute approximate surface area is 130 Å². The third-order valence-corrected chi connectivity index (χ3v) is 2.56. The Morgan fingerprint density at radius 1 is 1.27 bits per heavy atom. The Morgan fingerprint density at radius 3 is 2.64 bits per heavy atom. The average molecular weight is 309 g/mol. The monoisotopic (exact) mass is 309 g/mol. The molecule has 0 bridgehead atoms. The van der Waals surface area contributed by atoms with Crippen LogP contribution in [-0.2, 0) is 16.0 Å². The van der Waals surface area contributed by atoms with Crippen molar-refractivity contribution in [3.05, 3.63) is 29.8 Å². The van der Waals surface area contributed by atoms with Gasteiger partial charge in [-0.05, 0) is 44.9 Å². The number of aliphatic carboxylic acids is 1. The van der Waals surface area contributed by atoms with Crippen LogP contribution < -0.4 is 10.1 Å². The Morgan fingerprint density at radius 2 is 2.00 bits per heavy atom. The van der Waals surface area contributed by atoms with Gasteiger partial charge in [0.2, 0.25) is 0 Å². The minimum Gasteiger partial charge on any atom is -0.492 e. The van der Waals surface area contributed by atoms with Crippen molar-refractivity contribution in [1.29, 1.82) is 0 Å². The summed E-state index contributed by atoms with van der Waals surface area (Å²) in [6, 6.07) is 7.26. The van der Waals surface area contributed by atoms with Crippen LogP contribution in [0.4, 0.5) is 4.79 Å². The van der Waals surface area contributed by atoms with E-state index >= 15 is 0 Å². The molecule has 22 heavy (non-hydrogen) atoms. The summed E-state index contributed by atoms with van der Waals surface area (Å²) in [5.41, 5.74) is 0.378. The fourth-order valence-corrected chi connectivity index (χ4v) is 1.68. The predicted octanol–water partition coefficient (Wildman–Crippen LogP) is 2.61. The molecular weight excluding hydrogens is 286 g/mol. The lowest BCUT2D eigenvalue weighted by Crippen LogP contribution is -2.34. The Balaban J connectivity index is 2.31. The van der Waals surface area contributed by atoms with Crippen LogP contribution in [0.1, 0.15) is 32.8 Å². The molecule has 0 aliphatic rings. The molecule has 0 unspecified atom stereocenters. The maximum atomic E-state index is 11.4. The van der Waals surface area contributed by atoms with E-state index in [0.29, 0.717) is 25.3 Å². The second kappa shape index (κ2) is 8.26. The predicted molar refractivity (Wildman–Crippen MR) is 82.1 cm³/mol. The fourth-order valence-electron chi connectivity index (χ4n) is 1.68. The van der Waals surface area contributed by atoms with Gasteiger partial charge in [-0.1, -0.05) is 12.1 Å². The lowest BCUT2D eigenvalue weighted by atomic mass is 10.1. The summed E-state index contributed by atoms with van der Waals surface area (Å²) in [6.07, 6.45) is 0.0677. The summed E-state index contributed by atoms with van der Waals surface area (Å²) < 4.78 is 10.6. The normalized spacial score (nSPS) is 10.9. The minimum atomic E-state index is -0.826. The van der Waals surface area contributed by atoms with Crippen molar-refractivity contribution in [1.82, 2.24) is 5.32 Å². The maximum Gasteiger partial charge on any atom is 0.407 e. The number of alkyl carbamates (subject to hydrolysis) is 1. The molecule has 1 amide bonds. The third kappa shape index (κ3) is 8.14. The van der Waals surface area contributed by atoms with Crippen LogP contribution in [0.3, 0.4) is 0 Å². The molecule has 0 aromatic heterocycles. The van der Waals surface area contributed by atoms with Crippen LogP contribution in [0.2, 0.25) is 0 Å². The number of hydrogen-bond acceptors (Lipinski definition) is 4. The first-order valence-electron chi connectivity index (χ1n) is 7.16. The second-order valence-corrected chi connectivity index (χ2v) is 5.82. The molecule has 0 aliphatic carbocycles. The maximum absolute atomic E-state index is 11.4. The highest BCUT2D eigenvalue weighted by molar-refractivity contribution is 5.67. The molecule has 6 heteroatoms. The third-order valence-electron chi connectivity index (χ3n) is 2.56. The number of aryl methyl sites for hydroxylation is 1. The zero-order valence-corrected chi connectivity index (χ0v) is 13.2. The van der Waals surface area contributed by atoms with E-state index in [4.69, 9.17) is 14.6 Å². The number of amides is 1. The summed E-state index contributed by atoms with van der Waals surface area (Å²) in [4.78, 5) is 22.0. The van der Waals surface area contributed by atoms with Gasteiger partial charge in [0, 0.05) is 6.42 Å². The van der Waals surface area contributed by atoms with Gasteiger partial charge in [-0.2, -0.15) is 0 Å². The van der Waals surface area contributed by atoms with Crippen LogP contribution in [-0.4, -0.2) is 35.9 Å². The highest BCUT2D eigenvalue weighted by atomic mass is 16.6. The molecule has 0 atom stereocenters. The van der Waals surface area contributed by atoms with Crippen molar-refractivity contribution in [2.75, 3.05) is 13.2 Å². The van der Waals surface area contributed by atoms with Gasteiger partial charge in [0.1, 0.15) is 18.0 Å². The number of carbonyl (C=O) groups is 2. The lowest BCUT2D eigenvalue weighted by Gasteiger charge is -2.19. The van der Waals surface area contributed by atoms with Gasteiger partial charge in [0.25, 0.3) is 0 Å². The summed E-state index contributed by atoms with van der Waals surface area (Å²) >= 11 is 0. The topological polar surface area (TPSA) is 84.9 Å². The molecule has 1 rings (SSSR count). The van der Waals surface area contributed by atoms with E-state index in [0.717, 1.165) is 5.56 Å². The van der Waals surface area contributed by atoms with Crippen molar-refractivity contribution < 1.29 is 24.2 Å². The molecule has 0 spiro atoms. The van der Waals surface area contributed by atoms with Crippen molar-refractivity contribution in [2.24, 2.45) is 0 Å². The van der Waals surface area contributed by atoms with Crippen LogP contribution in [0.15, 0.2) is 24.3 Å². The Bertz CT molecular complexity index is 508. The van der Waals surface area contributed by atoms with Crippen molar-refractivity contribution in [3.63, 3.8) is 0 Å². The average Bonchev–Trinajstić information content (AvgIpc) is 2.40. The molecular formula is C16H23NO5. The number of carboxylic acid groups (broad SMARTS) is 1. The summed E-state index contributed by atoms with van der Waals surface area (Å²) in [7, 11) is 0. The van der Waals surface area contributed by atoms with Crippen molar-refractivity contribution in [3.8, 4) is 5.75 Å². The molecule has 0 radical (unpaired) electrons. The molecule has 2 N–H and O–H groups in total. The van der Waals surface area contributed by atoms with Gasteiger partial charge >= 0.3 is 12.1 Å². The number of hydrogen-bond donors (Lipinski definition) is 2. The molecule has 1 aromatic carbocycles. The van der Waals surface area contributed by atoms with E-state index in [2.05, 4.69) is 5.32 Å². The molecule has 0 saturated heterocycles. The first-order valence-corrected chi connectivity index (χ1v) is 7.16. The number of carboxylic acids is 1. The van der Waals surface area contributed by atoms with Crippen LogP contribution in [0.5, 0.6) is 5.75 Å². The molecule has 1 aromatic rings. The highest BCUT2D eigenvalue weighted by Gasteiger charge is 2.15. The summed E-state index contributed by atoms with van der Waals surface area (Å²) in [6.45, 7) is 6.03. The van der Waals surface area contributed by atoms with Crippen molar-refractivity contribution in [2.45, 2.75) is 39.2 Å². The van der Waals surface area contributed by atoms with E-state index in [9.17, 15) is 9.59 Å². The van der Waals surface area contributed by atoms with Crippen LogP contribution >= 0.6 is 0 Å². The smallest absolute Gasteiger partial charge is 0.407 e. The molecule has 0 fully saturated rings. The number of rotatable bonds is 7. The van der Waals surface area contributed by atoms with Gasteiger partial charge in [0.15, 0.2) is 0 Å². The number of nitrogens with one attached hydrogen (secondary N) is 1. The second-order valence-electron chi connectivity index (χ2n) is 5.82. The zero-order chi connectivity index (χ0) is 16.6. The first kappa shape index (κ1) is 17.8. The first-order chi connectivity index (χ1) is 10.3. The quantitative estimate of drug-likeness (QED) is 0.756. The highest BCUT2D eigenvalue weighted by Crippen LogP contribution is 2.14. The molecule has 122 valence electrons. The fraction of sp³-hybridized carbons (Fsp3) is 0.500. The number of benzene rings is 1. The van der Waals surface area contributed by atoms with Gasteiger partial charge in [-0.15, -0.1) is 0 Å². The largest absolute Gasteiger partial charge is 0.492 e. The molecule has 6 nitrogen and oxygen atoms in total. The van der Waals surface area contributed by atoms with Crippen LogP contribution in [0.25, 0.3) is 0 Å². The molecule has 0 heterocycles.